The van der Waals surface area contributed by atoms with E-state index in [2.05, 4.69) is 21.9 Å². The van der Waals surface area contributed by atoms with Gasteiger partial charge in [0.1, 0.15) is 12.4 Å². The highest BCUT2D eigenvalue weighted by atomic mass is 32.2. The van der Waals surface area contributed by atoms with Crippen LogP contribution in [-0.4, -0.2) is 67.5 Å². The Morgan fingerprint density at radius 3 is 2.19 bits per heavy atom. The standard InChI is InChI=1S/C28H29N5O2S/c1-35-25-14-12-23(13-15-25)31-16-18-32(19-17-31)26(34)20-36-28-30-27(22-8-4-2-5-9-22)29-21-33(28)24-10-6-3-7-11-24/h2-15H,16-21H2,1H3. The van der Waals surface area contributed by atoms with Gasteiger partial charge in [-0.15, -0.1) is 0 Å². The highest BCUT2D eigenvalue weighted by Crippen LogP contribution is 2.24. The van der Waals surface area contributed by atoms with Crippen molar-refractivity contribution in [3.05, 3.63) is 90.5 Å². The molecule has 1 saturated heterocycles. The van der Waals surface area contributed by atoms with Crippen LogP contribution in [0.1, 0.15) is 5.56 Å². The molecule has 3 aromatic carbocycles. The van der Waals surface area contributed by atoms with E-state index in [-0.39, 0.29) is 5.91 Å². The second-order valence-corrected chi connectivity index (χ2v) is 9.44. The van der Waals surface area contributed by atoms with Gasteiger partial charge in [-0.3, -0.25) is 4.79 Å². The minimum Gasteiger partial charge on any atom is -0.497 e. The normalized spacial score (nSPS) is 15.9. The third kappa shape index (κ3) is 5.54. The Bertz CT molecular complexity index is 1220. The molecule has 5 rings (SSSR count). The Morgan fingerprint density at radius 2 is 1.53 bits per heavy atom. The van der Waals surface area contributed by atoms with Crippen LogP contribution >= 0.6 is 11.8 Å². The van der Waals surface area contributed by atoms with Crippen molar-refractivity contribution in [3.8, 4) is 5.75 Å². The van der Waals surface area contributed by atoms with Crippen LogP contribution in [-0.2, 0) is 4.79 Å². The van der Waals surface area contributed by atoms with Crippen LogP contribution in [0, 0.1) is 0 Å². The number of anilines is 2. The van der Waals surface area contributed by atoms with Gasteiger partial charge in [-0.05, 0) is 36.4 Å². The number of thioether (sulfide) groups is 1. The molecule has 0 unspecified atom stereocenters. The number of hydrogen-bond donors (Lipinski definition) is 0. The molecule has 184 valence electrons. The first-order valence-corrected chi connectivity index (χ1v) is 13.0. The van der Waals surface area contributed by atoms with Gasteiger partial charge in [0.25, 0.3) is 0 Å². The first kappa shape index (κ1) is 23.9. The lowest BCUT2D eigenvalue weighted by Crippen LogP contribution is -2.49. The fourth-order valence-corrected chi connectivity index (χ4v) is 5.17. The SMILES string of the molecule is COc1ccc(N2CCN(C(=O)CSC3=NC(c4ccccc4)=NCN3c3ccccc3)CC2)cc1. The average Bonchev–Trinajstić information content (AvgIpc) is 2.97. The van der Waals surface area contributed by atoms with E-state index >= 15 is 0 Å². The number of methoxy groups -OCH3 is 1. The summed E-state index contributed by atoms with van der Waals surface area (Å²) in [6.45, 7) is 3.50. The third-order valence-corrected chi connectivity index (χ3v) is 7.25. The summed E-state index contributed by atoms with van der Waals surface area (Å²) in [5.41, 5.74) is 3.14. The summed E-state index contributed by atoms with van der Waals surface area (Å²) in [5, 5.41) is 0.792. The number of hydrogen-bond acceptors (Lipinski definition) is 7. The number of carbonyl (C=O) groups excluding carboxylic acids is 1. The Morgan fingerprint density at radius 1 is 0.861 bits per heavy atom. The maximum atomic E-state index is 13.1. The smallest absolute Gasteiger partial charge is 0.233 e. The summed E-state index contributed by atoms with van der Waals surface area (Å²) < 4.78 is 5.26. The number of amidine groups is 2. The first-order chi connectivity index (χ1) is 17.7. The zero-order valence-corrected chi connectivity index (χ0v) is 21.1. The van der Waals surface area contributed by atoms with Gasteiger partial charge in [-0.1, -0.05) is 60.3 Å². The number of aliphatic imine (C=N–C) groups is 2. The maximum Gasteiger partial charge on any atom is 0.233 e. The molecule has 0 saturated carbocycles. The number of amides is 1. The lowest BCUT2D eigenvalue weighted by atomic mass is 10.2. The number of nitrogens with zero attached hydrogens (tertiary/aromatic N) is 5. The van der Waals surface area contributed by atoms with Gasteiger partial charge in [-0.25, -0.2) is 9.98 Å². The van der Waals surface area contributed by atoms with Crippen molar-refractivity contribution in [3.63, 3.8) is 0 Å². The Labute approximate surface area is 216 Å². The molecule has 2 aliphatic heterocycles. The van der Waals surface area contributed by atoms with Gasteiger partial charge < -0.3 is 19.4 Å². The lowest BCUT2D eigenvalue weighted by Gasteiger charge is -2.36. The van der Waals surface area contributed by atoms with Crippen LogP contribution in [0.2, 0.25) is 0 Å². The minimum atomic E-state index is 0.133. The van der Waals surface area contributed by atoms with E-state index in [9.17, 15) is 4.79 Å². The molecule has 7 nitrogen and oxygen atoms in total. The highest BCUT2D eigenvalue weighted by Gasteiger charge is 2.25. The number of rotatable bonds is 6. The minimum absolute atomic E-state index is 0.133. The lowest BCUT2D eigenvalue weighted by molar-refractivity contribution is -0.128. The molecule has 0 atom stereocenters. The highest BCUT2D eigenvalue weighted by molar-refractivity contribution is 8.14. The molecule has 0 bridgehead atoms. The van der Waals surface area contributed by atoms with E-state index in [0.717, 1.165) is 40.9 Å². The molecule has 0 radical (unpaired) electrons. The van der Waals surface area contributed by atoms with Crippen molar-refractivity contribution in [2.45, 2.75) is 0 Å². The number of piperazine rings is 1. The third-order valence-electron chi connectivity index (χ3n) is 6.29. The fourth-order valence-electron chi connectivity index (χ4n) is 4.26. The molecule has 0 aromatic heterocycles. The summed E-state index contributed by atoms with van der Waals surface area (Å²) in [6.07, 6.45) is 0. The number of para-hydroxylation sites is 1. The van der Waals surface area contributed by atoms with E-state index in [1.807, 2.05) is 77.7 Å². The van der Waals surface area contributed by atoms with Gasteiger partial charge in [0.2, 0.25) is 5.91 Å². The predicted octanol–water partition coefficient (Wildman–Crippen LogP) is 4.36. The van der Waals surface area contributed by atoms with Crippen LogP contribution in [0.15, 0.2) is 94.9 Å². The fraction of sp³-hybridized carbons (Fsp3) is 0.250. The molecule has 0 spiro atoms. The molecule has 36 heavy (non-hydrogen) atoms. The molecule has 2 heterocycles. The largest absolute Gasteiger partial charge is 0.497 e. The van der Waals surface area contributed by atoms with Gasteiger partial charge >= 0.3 is 0 Å². The molecular formula is C28H29N5O2S. The Kier molecular flexibility index (Phi) is 7.52. The van der Waals surface area contributed by atoms with Crippen molar-refractivity contribution < 1.29 is 9.53 Å². The Hall–Kier alpha value is -3.78. The van der Waals surface area contributed by atoms with Gasteiger partial charge in [0, 0.05) is 43.1 Å². The molecular weight excluding hydrogens is 470 g/mol. The van der Waals surface area contributed by atoms with Crippen molar-refractivity contribution >= 4 is 40.0 Å². The molecule has 1 fully saturated rings. The van der Waals surface area contributed by atoms with Crippen molar-refractivity contribution in [1.82, 2.24) is 4.90 Å². The first-order valence-electron chi connectivity index (χ1n) is 12.0. The number of ether oxygens (including phenoxy) is 1. The van der Waals surface area contributed by atoms with Crippen molar-refractivity contribution in [2.75, 3.05) is 55.5 Å². The van der Waals surface area contributed by atoms with Crippen LogP contribution in [0.5, 0.6) is 5.75 Å². The van der Waals surface area contributed by atoms with E-state index < -0.39 is 0 Å². The Balaban J connectivity index is 1.23. The van der Waals surface area contributed by atoms with Crippen LogP contribution in [0.3, 0.4) is 0 Å². The van der Waals surface area contributed by atoms with Gasteiger partial charge in [0.05, 0.1) is 12.9 Å². The van der Waals surface area contributed by atoms with E-state index in [1.54, 1.807) is 7.11 Å². The van der Waals surface area contributed by atoms with Crippen molar-refractivity contribution in [2.24, 2.45) is 9.98 Å². The molecule has 8 heteroatoms. The van der Waals surface area contributed by atoms with E-state index in [1.165, 1.54) is 11.8 Å². The molecule has 0 N–H and O–H groups in total. The van der Waals surface area contributed by atoms with Crippen LogP contribution in [0.4, 0.5) is 11.4 Å². The monoisotopic (exact) mass is 499 g/mol. The average molecular weight is 500 g/mol. The second kappa shape index (κ2) is 11.3. The van der Waals surface area contributed by atoms with Crippen LogP contribution < -0.4 is 14.5 Å². The van der Waals surface area contributed by atoms with Gasteiger partial charge in [-0.2, -0.15) is 0 Å². The van der Waals surface area contributed by atoms with Gasteiger partial charge in [0.15, 0.2) is 11.0 Å². The van der Waals surface area contributed by atoms with E-state index in [0.29, 0.717) is 31.3 Å². The number of benzene rings is 3. The summed E-state index contributed by atoms with van der Waals surface area (Å²) in [6, 6.07) is 28.1. The molecule has 0 aliphatic carbocycles. The van der Waals surface area contributed by atoms with E-state index in [4.69, 9.17) is 14.7 Å². The molecule has 2 aliphatic rings. The zero-order chi connectivity index (χ0) is 24.7. The predicted molar refractivity (Wildman–Crippen MR) is 148 cm³/mol. The van der Waals surface area contributed by atoms with Crippen molar-refractivity contribution in [1.29, 1.82) is 0 Å². The summed E-state index contributed by atoms with van der Waals surface area (Å²) in [7, 11) is 1.67. The molecule has 1 amide bonds. The maximum absolute atomic E-state index is 13.1. The van der Waals surface area contributed by atoms with Crippen LogP contribution in [0.25, 0.3) is 0 Å². The number of carbonyl (C=O) groups is 1. The quantitative estimate of drug-likeness (QED) is 0.505. The molecule has 3 aromatic rings. The summed E-state index contributed by atoms with van der Waals surface area (Å²) in [5.74, 6) is 2.02. The summed E-state index contributed by atoms with van der Waals surface area (Å²) >= 11 is 1.48. The summed E-state index contributed by atoms with van der Waals surface area (Å²) in [4.78, 5) is 29.0. The zero-order valence-electron chi connectivity index (χ0n) is 20.3. The topological polar surface area (TPSA) is 60.7 Å². The second-order valence-electron chi connectivity index (χ2n) is 8.50.